The summed E-state index contributed by atoms with van der Waals surface area (Å²) in [6.07, 6.45) is 6.79. The maximum atomic E-state index is 9.49. The molecule has 2 rings (SSSR count). The molecule has 1 aromatic rings. The molecule has 0 aromatic heterocycles. The van der Waals surface area contributed by atoms with Crippen molar-refractivity contribution in [2.24, 2.45) is 0 Å². The zero-order chi connectivity index (χ0) is 12.8. The monoisotopic (exact) mass is 245 g/mol. The fraction of sp³-hybridized carbons (Fsp3) is 0.467. The third-order valence-corrected chi connectivity index (χ3v) is 3.23. The van der Waals surface area contributed by atoms with Gasteiger partial charge in [-0.3, -0.25) is 4.90 Å². The molecule has 1 aliphatic rings. The predicted octanol–water partition coefficient (Wildman–Crippen LogP) is 1.66. The van der Waals surface area contributed by atoms with Gasteiger partial charge in [0.25, 0.3) is 0 Å². The van der Waals surface area contributed by atoms with Crippen molar-refractivity contribution in [3.8, 4) is 18.1 Å². The van der Waals surface area contributed by atoms with E-state index in [9.17, 15) is 5.11 Å². The Bertz CT molecular complexity index is 417. The van der Waals surface area contributed by atoms with Crippen molar-refractivity contribution in [1.29, 1.82) is 0 Å². The Balaban J connectivity index is 1.98. The van der Waals surface area contributed by atoms with Crippen LogP contribution in [0.15, 0.2) is 24.3 Å². The second-order valence-corrected chi connectivity index (χ2v) is 4.61. The molecule has 0 unspecified atom stereocenters. The molecule has 0 spiro atoms. The van der Waals surface area contributed by atoms with E-state index in [1.165, 1.54) is 0 Å². The number of likely N-dealkylation sites (tertiary alicyclic amines) is 1. The molecular weight excluding hydrogens is 226 g/mol. The number of hydrogen-bond donors (Lipinski definition) is 1. The fourth-order valence-electron chi connectivity index (χ4n) is 2.21. The number of nitrogens with zero attached hydrogens (tertiary/aromatic N) is 1. The topological polar surface area (TPSA) is 32.7 Å². The summed E-state index contributed by atoms with van der Waals surface area (Å²) in [5.41, 5.74) is 1.16. The molecule has 3 heteroatoms. The third kappa shape index (κ3) is 3.49. The lowest BCUT2D eigenvalue weighted by Gasteiger charge is -2.29. The molecule has 96 valence electrons. The van der Waals surface area contributed by atoms with E-state index in [1.54, 1.807) is 0 Å². The zero-order valence-corrected chi connectivity index (χ0v) is 10.5. The van der Waals surface area contributed by atoms with E-state index >= 15 is 0 Å². The van der Waals surface area contributed by atoms with Crippen LogP contribution in [-0.4, -0.2) is 35.8 Å². The Labute approximate surface area is 108 Å². The Morgan fingerprint density at radius 1 is 1.33 bits per heavy atom. The minimum absolute atomic E-state index is 0.130. The Hall–Kier alpha value is -1.50. The first-order chi connectivity index (χ1) is 8.79. The van der Waals surface area contributed by atoms with Gasteiger partial charge >= 0.3 is 0 Å². The number of aliphatic hydroxyl groups is 1. The van der Waals surface area contributed by atoms with Crippen LogP contribution in [0.5, 0.6) is 5.75 Å². The highest BCUT2D eigenvalue weighted by molar-refractivity contribution is 5.33. The third-order valence-electron chi connectivity index (χ3n) is 3.23. The van der Waals surface area contributed by atoms with Crippen LogP contribution in [0.4, 0.5) is 0 Å². The van der Waals surface area contributed by atoms with Gasteiger partial charge in [0.15, 0.2) is 0 Å². The van der Waals surface area contributed by atoms with Gasteiger partial charge in [0, 0.05) is 25.2 Å². The number of benzene rings is 1. The van der Waals surface area contributed by atoms with E-state index in [0.717, 1.165) is 43.8 Å². The fourth-order valence-corrected chi connectivity index (χ4v) is 2.21. The zero-order valence-electron chi connectivity index (χ0n) is 10.5. The van der Waals surface area contributed by atoms with E-state index in [1.807, 2.05) is 18.2 Å². The number of ether oxygens (including phenoxy) is 1. The maximum absolute atomic E-state index is 9.49. The highest BCUT2D eigenvalue weighted by Gasteiger charge is 2.17. The lowest BCUT2D eigenvalue weighted by atomic mass is 10.1. The van der Waals surface area contributed by atoms with Crippen LogP contribution in [0.2, 0.25) is 0 Å². The molecule has 0 atom stereocenters. The van der Waals surface area contributed by atoms with E-state index in [4.69, 9.17) is 11.2 Å². The largest absolute Gasteiger partial charge is 0.481 e. The van der Waals surface area contributed by atoms with Crippen molar-refractivity contribution in [3.05, 3.63) is 29.8 Å². The summed E-state index contributed by atoms with van der Waals surface area (Å²) in [6.45, 7) is 3.03. The van der Waals surface area contributed by atoms with Crippen molar-refractivity contribution >= 4 is 0 Å². The SMILES string of the molecule is C#CCOc1ccccc1CN1CCC(O)CC1. The van der Waals surface area contributed by atoms with Gasteiger partial charge in [-0.2, -0.15) is 0 Å². The lowest BCUT2D eigenvalue weighted by Crippen LogP contribution is -2.35. The average molecular weight is 245 g/mol. The van der Waals surface area contributed by atoms with Crippen molar-refractivity contribution < 1.29 is 9.84 Å². The molecule has 0 bridgehead atoms. The number of aliphatic hydroxyl groups excluding tert-OH is 1. The predicted molar refractivity (Wildman–Crippen MR) is 71.3 cm³/mol. The Kier molecular flexibility index (Phi) is 4.63. The molecule has 0 aliphatic carbocycles. The highest BCUT2D eigenvalue weighted by Crippen LogP contribution is 2.21. The molecule has 1 aromatic carbocycles. The smallest absolute Gasteiger partial charge is 0.148 e. The van der Waals surface area contributed by atoms with Crippen LogP contribution in [-0.2, 0) is 6.54 Å². The summed E-state index contributed by atoms with van der Waals surface area (Å²) >= 11 is 0. The van der Waals surface area contributed by atoms with Crippen LogP contribution < -0.4 is 4.74 Å². The summed E-state index contributed by atoms with van der Waals surface area (Å²) in [4.78, 5) is 2.34. The summed E-state index contributed by atoms with van der Waals surface area (Å²) in [7, 11) is 0. The molecule has 0 radical (unpaired) electrons. The molecular formula is C15H19NO2. The molecule has 3 nitrogen and oxygen atoms in total. The van der Waals surface area contributed by atoms with Gasteiger partial charge in [0.05, 0.1) is 6.10 Å². The highest BCUT2D eigenvalue weighted by atomic mass is 16.5. The molecule has 18 heavy (non-hydrogen) atoms. The first-order valence-electron chi connectivity index (χ1n) is 6.34. The first-order valence-corrected chi connectivity index (χ1v) is 6.34. The number of terminal acetylenes is 1. The molecule has 1 aliphatic heterocycles. The number of hydrogen-bond acceptors (Lipinski definition) is 3. The molecule has 1 fully saturated rings. The Morgan fingerprint density at radius 3 is 2.78 bits per heavy atom. The average Bonchev–Trinajstić information content (AvgIpc) is 2.40. The summed E-state index contributed by atoms with van der Waals surface area (Å²) < 4.78 is 5.54. The van der Waals surface area contributed by atoms with Crippen LogP contribution in [0, 0.1) is 12.3 Å². The second kappa shape index (κ2) is 6.44. The van der Waals surface area contributed by atoms with E-state index in [2.05, 4.69) is 16.9 Å². The van der Waals surface area contributed by atoms with Crippen molar-refractivity contribution in [3.63, 3.8) is 0 Å². The second-order valence-electron chi connectivity index (χ2n) is 4.61. The van der Waals surface area contributed by atoms with E-state index in [0.29, 0.717) is 6.61 Å². The normalized spacial score (nSPS) is 17.3. The van der Waals surface area contributed by atoms with E-state index < -0.39 is 0 Å². The van der Waals surface area contributed by atoms with E-state index in [-0.39, 0.29) is 6.10 Å². The molecule has 0 saturated carbocycles. The molecule has 1 heterocycles. The maximum Gasteiger partial charge on any atom is 0.148 e. The van der Waals surface area contributed by atoms with Crippen LogP contribution in [0.25, 0.3) is 0 Å². The quantitative estimate of drug-likeness (QED) is 0.819. The van der Waals surface area contributed by atoms with Gasteiger partial charge in [0.2, 0.25) is 0 Å². The Morgan fingerprint density at radius 2 is 2.06 bits per heavy atom. The van der Waals surface area contributed by atoms with Gasteiger partial charge in [-0.1, -0.05) is 24.1 Å². The van der Waals surface area contributed by atoms with Crippen molar-refractivity contribution in [2.75, 3.05) is 19.7 Å². The summed E-state index contributed by atoms with van der Waals surface area (Å²) in [6, 6.07) is 7.98. The minimum atomic E-state index is -0.130. The summed E-state index contributed by atoms with van der Waals surface area (Å²) in [5.74, 6) is 3.35. The molecule has 1 saturated heterocycles. The van der Waals surface area contributed by atoms with Crippen molar-refractivity contribution in [1.82, 2.24) is 4.90 Å². The minimum Gasteiger partial charge on any atom is -0.481 e. The van der Waals surface area contributed by atoms with Crippen LogP contribution in [0.1, 0.15) is 18.4 Å². The molecule has 0 amide bonds. The van der Waals surface area contributed by atoms with Gasteiger partial charge in [0.1, 0.15) is 12.4 Å². The van der Waals surface area contributed by atoms with Crippen LogP contribution in [0.3, 0.4) is 0 Å². The number of piperidine rings is 1. The van der Waals surface area contributed by atoms with Gasteiger partial charge in [-0.15, -0.1) is 6.42 Å². The number of rotatable bonds is 4. The number of para-hydroxylation sites is 1. The first kappa shape index (κ1) is 12.9. The van der Waals surface area contributed by atoms with Crippen molar-refractivity contribution in [2.45, 2.75) is 25.5 Å². The standard InChI is InChI=1S/C15H19NO2/c1-2-11-18-15-6-4-3-5-13(15)12-16-9-7-14(17)8-10-16/h1,3-6,14,17H,7-12H2. The summed E-state index contributed by atoms with van der Waals surface area (Å²) in [5, 5.41) is 9.49. The lowest BCUT2D eigenvalue weighted by molar-refractivity contribution is 0.0788. The van der Waals surface area contributed by atoms with Crippen LogP contribution >= 0.6 is 0 Å². The molecule has 1 N–H and O–H groups in total. The van der Waals surface area contributed by atoms with Gasteiger partial charge < -0.3 is 9.84 Å². The van der Waals surface area contributed by atoms with Gasteiger partial charge in [-0.25, -0.2) is 0 Å². The van der Waals surface area contributed by atoms with Gasteiger partial charge in [-0.05, 0) is 18.9 Å².